The maximum atomic E-state index is 12.8. The molecule has 1 aromatic carbocycles. The Labute approximate surface area is 154 Å². The zero-order chi connectivity index (χ0) is 20.0. The fraction of sp³-hybridized carbons (Fsp3) is 0.500. The minimum Gasteiger partial charge on any atom is -0.469 e. The highest BCUT2D eigenvalue weighted by atomic mass is 19.4. The first-order valence-electron chi connectivity index (χ1n) is 8.49. The van der Waals surface area contributed by atoms with Crippen molar-refractivity contribution in [1.29, 1.82) is 0 Å². The van der Waals surface area contributed by atoms with Gasteiger partial charge in [-0.05, 0) is 24.1 Å². The summed E-state index contributed by atoms with van der Waals surface area (Å²) >= 11 is 0. The molecule has 1 unspecified atom stereocenters. The lowest BCUT2D eigenvalue weighted by Crippen LogP contribution is -2.33. The van der Waals surface area contributed by atoms with E-state index in [1.54, 1.807) is 0 Å². The molecule has 2 rings (SSSR count). The number of benzene rings is 1. The van der Waals surface area contributed by atoms with Crippen molar-refractivity contribution in [2.75, 3.05) is 20.2 Å². The number of hydrogen-bond donors (Lipinski definition) is 1. The zero-order valence-corrected chi connectivity index (χ0v) is 14.8. The minimum atomic E-state index is -4.45. The van der Waals surface area contributed by atoms with Crippen LogP contribution in [0.5, 0.6) is 0 Å². The lowest BCUT2D eigenvalue weighted by molar-refractivity contribution is -0.141. The van der Waals surface area contributed by atoms with Crippen molar-refractivity contribution < 1.29 is 32.3 Å². The van der Waals surface area contributed by atoms with Gasteiger partial charge in [-0.3, -0.25) is 14.4 Å². The van der Waals surface area contributed by atoms with Gasteiger partial charge in [0.15, 0.2) is 0 Å². The molecule has 6 nitrogen and oxygen atoms in total. The molecular weight excluding hydrogens is 365 g/mol. The third-order valence-electron chi connectivity index (χ3n) is 4.30. The molecule has 0 aromatic heterocycles. The number of likely N-dealkylation sites (tertiary alicyclic amines) is 1. The molecule has 2 amide bonds. The number of halogens is 3. The second-order valence-corrected chi connectivity index (χ2v) is 6.34. The van der Waals surface area contributed by atoms with Crippen LogP contribution >= 0.6 is 0 Å². The minimum absolute atomic E-state index is 0.0157. The Kier molecular flexibility index (Phi) is 6.81. The van der Waals surface area contributed by atoms with Crippen molar-refractivity contribution in [2.24, 2.45) is 5.92 Å². The lowest BCUT2D eigenvalue weighted by atomic mass is 10.1. The standard InChI is InChI=1S/C18H21F3N2O4/c1-27-16(25)6-3-7-22-17(26)13-9-15(24)23(11-13)10-12-4-2-5-14(8-12)18(19,20)21/h2,4-5,8,13H,3,6-7,9-11H2,1H3,(H,22,26). The lowest BCUT2D eigenvalue weighted by Gasteiger charge is -2.17. The molecule has 1 N–H and O–H groups in total. The molecule has 27 heavy (non-hydrogen) atoms. The Hall–Kier alpha value is -2.58. The Morgan fingerprint density at radius 2 is 2.07 bits per heavy atom. The fourth-order valence-electron chi connectivity index (χ4n) is 2.86. The zero-order valence-electron chi connectivity index (χ0n) is 14.8. The Bertz CT molecular complexity index is 706. The smallest absolute Gasteiger partial charge is 0.416 e. The van der Waals surface area contributed by atoms with Gasteiger partial charge in [-0.2, -0.15) is 13.2 Å². The van der Waals surface area contributed by atoms with E-state index in [0.29, 0.717) is 12.0 Å². The van der Waals surface area contributed by atoms with E-state index in [9.17, 15) is 27.6 Å². The normalized spacial score (nSPS) is 17.1. The van der Waals surface area contributed by atoms with Gasteiger partial charge in [0.2, 0.25) is 11.8 Å². The van der Waals surface area contributed by atoms with E-state index >= 15 is 0 Å². The van der Waals surface area contributed by atoms with Crippen molar-refractivity contribution >= 4 is 17.8 Å². The number of methoxy groups -OCH3 is 1. The summed E-state index contributed by atoms with van der Waals surface area (Å²) in [5, 5.41) is 2.66. The van der Waals surface area contributed by atoms with Crippen LogP contribution in [0.3, 0.4) is 0 Å². The highest BCUT2D eigenvalue weighted by Crippen LogP contribution is 2.30. The molecule has 148 valence electrons. The van der Waals surface area contributed by atoms with Crippen molar-refractivity contribution in [3.05, 3.63) is 35.4 Å². The number of nitrogens with zero attached hydrogens (tertiary/aromatic N) is 1. The van der Waals surface area contributed by atoms with Crippen molar-refractivity contribution in [2.45, 2.75) is 32.0 Å². The third kappa shape index (κ3) is 5.97. The maximum absolute atomic E-state index is 12.8. The Morgan fingerprint density at radius 3 is 2.74 bits per heavy atom. The molecule has 9 heteroatoms. The molecule has 1 aromatic rings. The van der Waals surface area contributed by atoms with E-state index in [4.69, 9.17) is 0 Å². The largest absolute Gasteiger partial charge is 0.469 e. The summed E-state index contributed by atoms with van der Waals surface area (Å²) in [6.07, 6.45) is -3.82. The number of hydrogen-bond acceptors (Lipinski definition) is 4. The number of ether oxygens (including phenoxy) is 1. The Morgan fingerprint density at radius 1 is 1.33 bits per heavy atom. The van der Waals surface area contributed by atoms with Crippen LogP contribution in [-0.2, 0) is 31.8 Å². The van der Waals surface area contributed by atoms with Crippen LogP contribution in [0.4, 0.5) is 13.2 Å². The molecule has 1 aliphatic rings. The van der Waals surface area contributed by atoms with Crippen LogP contribution in [0.25, 0.3) is 0 Å². The van der Waals surface area contributed by atoms with E-state index in [1.165, 1.54) is 24.1 Å². The number of esters is 1. The van der Waals surface area contributed by atoms with Crippen LogP contribution in [0.1, 0.15) is 30.4 Å². The SMILES string of the molecule is COC(=O)CCCNC(=O)C1CC(=O)N(Cc2cccc(C(F)(F)F)c2)C1. The predicted octanol–water partition coefficient (Wildman–Crippen LogP) is 2.12. The van der Waals surface area contributed by atoms with Crippen molar-refractivity contribution in [1.82, 2.24) is 10.2 Å². The molecule has 0 spiro atoms. The summed E-state index contributed by atoms with van der Waals surface area (Å²) in [6.45, 7) is 0.457. The summed E-state index contributed by atoms with van der Waals surface area (Å²) in [5.74, 6) is -1.50. The first-order valence-corrected chi connectivity index (χ1v) is 8.49. The molecule has 1 atom stereocenters. The first kappa shape index (κ1) is 20.7. The topological polar surface area (TPSA) is 75.7 Å². The van der Waals surface area contributed by atoms with Crippen LogP contribution in [-0.4, -0.2) is 42.9 Å². The van der Waals surface area contributed by atoms with E-state index in [-0.39, 0.29) is 50.3 Å². The quantitative estimate of drug-likeness (QED) is 0.575. The Balaban J connectivity index is 1.86. The van der Waals surface area contributed by atoms with Crippen molar-refractivity contribution in [3.63, 3.8) is 0 Å². The number of nitrogens with one attached hydrogen (secondary N) is 1. The van der Waals surface area contributed by atoms with Crippen LogP contribution < -0.4 is 5.32 Å². The van der Waals surface area contributed by atoms with E-state index < -0.39 is 17.7 Å². The van der Waals surface area contributed by atoms with Gasteiger partial charge in [0.25, 0.3) is 0 Å². The van der Waals surface area contributed by atoms with E-state index in [1.807, 2.05) is 0 Å². The van der Waals surface area contributed by atoms with Gasteiger partial charge in [-0.25, -0.2) is 0 Å². The molecule has 0 saturated carbocycles. The first-order chi connectivity index (χ1) is 12.7. The molecule has 0 radical (unpaired) electrons. The molecule has 0 aliphatic carbocycles. The van der Waals surface area contributed by atoms with Gasteiger partial charge in [0.1, 0.15) is 0 Å². The average Bonchev–Trinajstić information content (AvgIpc) is 2.98. The highest BCUT2D eigenvalue weighted by molar-refractivity contribution is 5.89. The van der Waals surface area contributed by atoms with E-state index in [0.717, 1.165) is 12.1 Å². The van der Waals surface area contributed by atoms with Gasteiger partial charge in [0.05, 0.1) is 18.6 Å². The number of carbonyl (C=O) groups is 3. The van der Waals surface area contributed by atoms with Crippen LogP contribution in [0, 0.1) is 5.92 Å². The molecule has 1 heterocycles. The summed E-state index contributed by atoms with van der Waals surface area (Å²) < 4.78 is 42.8. The summed E-state index contributed by atoms with van der Waals surface area (Å²) in [7, 11) is 1.28. The summed E-state index contributed by atoms with van der Waals surface area (Å²) in [4.78, 5) is 36.6. The number of alkyl halides is 3. The van der Waals surface area contributed by atoms with Gasteiger partial charge < -0.3 is 15.0 Å². The molecule has 1 fully saturated rings. The molecular formula is C18H21F3N2O4. The summed E-state index contributed by atoms with van der Waals surface area (Å²) in [6, 6.07) is 4.79. The van der Waals surface area contributed by atoms with Gasteiger partial charge >= 0.3 is 12.1 Å². The van der Waals surface area contributed by atoms with Crippen LogP contribution in [0.15, 0.2) is 24.3 Å². The number of rotatable bonds is 7. The molecule has 1 aliphatic heterocycles. The number of carbonyl (C=O) groups excluding carboxylic acids is 3. The fourth-order valence-corrected chi connectivity index (χ4v) is 2.86. The predicted molar refractivity (Wildman–Crippen MR) is 89.2 cm³/mol. The monoisotopic (exact) mass is 386 g/mol. The second kappa shape index (κ2) is 8.88. The van der Waals surface area contributed by atoms with Crippen molar-refractivity contribution in [3.8, 4) is 0 Å². The molecule has 1 saturated heterocycles. The van der Waals surface area contributed by atoms with Gasteiger partial charge in [-0.15, -0.1) is 0 Å². The molecule has 0 bridgehead atoms. The number of amides is 2. The van der Waals surface area contributed by atoms with Crippen LogP contribution in [0.2, 0.25) is 0 Å². The second-order valence-electron chi connectivity index (χ2n) is 6.34. The maximum Gasteiger partial charge on any atom is 0.416 e. The van der Waals surface area contributed by atoms with Gasteiger partial charge in [-0.1, -0.05) is 12.1 Å². The van der Waals surface area contributed by atoms with Gasteiger partial charge in [0, 0.05) is 32.5 Å². The highest BCUT2D eigenvalue weighted by Gasteiger charge is 2.35. The summed E-state index contributed by atoms with van der Waals surface area (Å²) in [5.41, 5.74) is -0.413. The van der Waals surface area contributed by atoms with E-state index in [2.05, 4.69) is 10.1 Å². The average molecular weight is 386 g/mol. The third-order valence-corrected chi connectivity index (χ3v) is 4.30.